The summed E-state index contributed by atoms with van der Waals surface area (Å²) in [5, 5.41) is 12.7. The number of likely N-dealkylation sites (N-methyl/N-ethyl adjacent to an activating group) is 1. The summed E-state index contributed by atoms with van der Waals surface area (Å²) >= 11 is 0. The van der Waals surface area contributed by atoms with Gasteiger partial charge in [-0.3, -0.25) is 9.80 Å². The number of nitrogens with zero attached hydrogens (tertiary/aromatic N) is 2. The van der Waals surface area contributed by atoms with Gasteiger partial charge in [0.15, 0.2) is 0 Å². The summed E-state index contributed by atoms with van der Waals surface area (Å²) in [5.74, 6) is 1.41. The summed E-state index contributed by atoms with van der Waals surface area (Å²) in [4.78, 5) is 12.7. The van der Waals surface area contributed by atoms with Gasteiger partial charge in [0.2, 0.25) is 0 Å². The van der Waals surface area contributed by atoms with E-state index in [0.29, 0.717) is 29.7 Å². The van der Waals surface area contributed by atoms with Gasteiger partial charge in [-0.05, 0) is 73.9 Å². The largest absolute Gasteiger partial charge is 0.508 e. The highest BCUT2D eigenvalue weighted by atomic mass is 16.3. The highest BCUT2D eigenvalue weighted by Crippen LogP contribution is 2.47. The monoisotopic (exact) mass is 466 g/mol. The van der Waals surface area contributed by atoms with Gasteiger partial charge in [-0.15, -0.1) is 6.58 Å². The van der Waals surface area contributed by atoms with Crippen molar-refractivity contribution in [2.75, 3.05) is 26.7 Å². The first-order valence-electron chi connectivity index (χ1n) is 13.1. The molecule has 0 amide bonds. The molecule has 0 unspecified atom stereocenters. The molecule has 3 aliphatic rings. The maximum absolute atomic E-state index is 10.0. The van der Waals surface area contributed by atoms with Crippen LogP contribution in [0.2, 0.25) is 0 Å². The van der Waals surface area contributed by atoms with Crippen molar-refractivity contribution >= 4 is 21.8 Å². The molecular formula is C30H34N4O. The number of piperidine rings is 1. The lowest BCUT2D eigenvalue weighted by Gasteiger charge is -2.47. The molecule has 0 bridgehead atoms. The number of nitrogens with one attached hydrogen (secondary N) is 2. The Morgan fingerprint density at radius 1 is 1.00 bits per heavy atom. The van der Waals surface area contributed by atoms with E-state index in [-0.39, 0.29) is 0 Å². The second kappa shape index (κ2) is 8.00. The van der Waals surface area contributed by atoms with E-state index in [0.717, 1.165) is 50.8 Å². The first-order valence-corrected chi connectivity index (χ1v) is 13.1. The molecule has 4 aromatic rings. The fourth-order valence-electron chi connectivity index (χ4n) is 7.34. The second-order valence-corrected chi connectivity index (χ2v) is 10.9. The summed E-state index contributed by atoms with van der Waals surface area (Å²) in [6, 6.07) is 15.4. The van der Waals surface area contributed by atoms with Crippen LogP contribution in [0.4, 0.5) is 0 Å². The van der Waals surface area contributed by atoms with Crippen molar-refractivity contribution in [1.29, 1.82) is 0 Å². The number of rotatable bonds is 3. The highest BCUT2D eigenvalue weighted by molar-refractivity contribution is 5.86. The zero-order chi connectivity index (χ0) is 23.7. The van der Waals surface area contributed by atoms with Gasteiger partial charge >= 0.3 is 0 Å². The zero-order valence-corrected chi connectivity index (χ0v) is 20.4. The average molecular weight is 467 g/mol. The lowest BCUT2D eigenvalue weighted by Crippen LogP contribution is -2.46. The van der Waals surface area contributed by atoms with Crippen LogP contribution >= 0.6 is 0 Å². The highest BCUT2D eigenvalue weighted by Gasteiger charge is 2.41. The Morgan fingerprint density at radius 2 is 1.77 bits per heavy atom. The zero-order valence-electron chi connectivity index (χ0n) is 20.4. The minimum atomic E-state index is 0.329. The van der Waals surface area contributed by atoms with Gasteiger partial charge in [-0.1, -0.05) is 24.3 Å². The molecule has 1 fully saturated rings. The summed E-state index contributed by atoms with van der Waals surface area (Å²) in [7, 11) is 2.29. The molecule has 5 heterocycles. The molecule has 5 heteroatoms. The van der Waals surface area contributed by atoms with Crippen LogP contribution in [-0.4, -0.2) is 51.6 Å². The van der Waals surface area contributed by atoms with Crippen molar-refractivity contribution in [2.24, 2.45) is 11.8 Å². The van der Waals surface area contributed by atoms with Gasteiger partial charge in [0, 0.05) is 58.9 Å². The van der Waals surface area contributed by atoms with Gasteiger partial charge < -0.3 is 15.1 Å². The van der Waals surface area contributed by atoms with E-state index < -0.39 is 0 Å². The number of aromatic nitrogens is 2. The Kier molecular flexibility index (Phi) is 4.87. The van der Waals surface area contributed by atoms with E-state index in [1.54, 1.807) is 0 Å². The molecule has 7 rings (SSSR count). The number of para-hydroxylation sites is 1. The number of phenolic OH excluding ortho intramolecular Hbond substituents is 1. The predicted octanol–water partition coefficient (Wildman–Crippen LogP) is 5.70. The molecule has 3 aliphatic heterocycles. The number of H-pyrrole nitrogens is 2. The molecule has 4 atom stereocenters. The van der Waals surface area contributed by atoms with Crippen molar-refractivity contribution in [3.63, 3.8) is 0 Å². The van der Waals surface area contributed by atoms with Crippen LogP contribution in [0.25, 0.3) is 21.8 Å². The molecule has 0 aliphatic carbocycles. The van der Waals surface area contributed by atoms with E-state index in [2.05, 4.69) is 69.8 Å². The average Bonchev–Trinajstić information content (AvgIpc) is 3.43. The summed E-state index contributed by atoms with van der Waals surface area (Å²) < 4.78 is 0. The van der Waals surface area contributed by atoms with Crippen LogP contribution in [0.3, 0.4) is 0 Å². The molecule has 0 radical (unpaired) electrons. The SMILES string of the molecule is C=C[C@H]1CN2CCc3c([nH]c4cc(O)ccc34)[C@@H]2C[C@@H]1C[C@H]1c2[nH]c3ccccc3c2CCN1C. The summed E-state index contributed by atoms with van der Waals surface area (Å²) in [5.41, 5.74) is 8.10. The Morgan fingerprint density at radius 3 is 2.66 bits per heavy atom. The van der Waals surface area contributed by atoms with Gasteiger partial charge in [-0.2, -0.15) is 0 Å². The van der Waals surface area contributed by atoms with Crippen LogP contribution in [0.5, 0.6) is 5.75 Å². The topological polar surface area (TPSA) is 58.3 Å². The number of benzene rings is 2. The lowest BCUT2D eigenvalue weighted by atomic mass is 9.74. The number of aromatic hydroxyl groups is 1. The molecule has 3 N–H and O–H groups in total. The molecule has 0 saturated carbocycles. The summed E-state index contributed by atoms with van der Waals surface area (Å²) in [6.45, 7) is 7.55. The van der Waals surface area contributed by atoms with E-state index in [1.165, 1.54) is 38.8 Å². The second-order valence-electron chi connectivity index (χ2n) is 10.9. The number of fused-ring (bicyclic) bond motifs is 8. The van der Waals surface area contributed by atoms with E-state index in [9.17, 15) is 5.11 Å². The standard InChI is InChI=1S/C30H34N4O/c1-3-18-17-34-13-11-24-22-9-8-20(35)16-26(22)32-30(24)28(34)15-19(18)14-27-29-23(10-12-33(27)2)21-6-4-5-7-25(21)31-29/h3-9,16,18-19,27-28,31-32,35H,1,10-15,17H2,2H3/t18-,19-,27-,28-/m0/s1. The first kappa shape index (κ1) is 21.3. The Balaban J connectivity index is 1.23. The van der Waals surface area contributed by atoms with Crippen molar-refractivity contribution in [3.05, 3.63) is 77.6 Å². The minimum absolute atomic E-state index is 0.329. The van der Waals surface area contributed by atoms with Gasteiger partial charge in [0.1, 0.15) is 5.75 Å². The molecule has 1 saturated heterocycles. The molecule has 0 spiro atoms. The van der Waals surface area contributed by atoms with Gasteiger partial charge in [-0.25, -0.2) is 0 Å². The summed E-state index contributed by atoms with van der Waals surface area (Å²) in [6.07, 6.45) is 6.68. The van der Waals surface area contributed by atoms with Crippen molar-refractivity contribution in [1.82, 2.24) is 19.8 Å². The Labute approximate surface area is 206 Å². The number of aromatic amines is 2. The normalized spacial score (nSPS) is 27.0. The third-order valence-corrected chi connectivity index (χ3v) is 9.18. The van der Waals surface area contributed by atoms with Gasteiger partial charge in [0.25, 0.3) is 0 Å². The van der Waals surface area contributed by atoms with Crippen LogP contribution < -0.4 is 0 Å². The lowest BCUT2D eigenvalue weighted by molar-refractivity contribution is 0.0515. The third kappa shape index (κ3) is 3.29. The smallest absolute Gasteiger partial charge is 0.117 e. The predicted molar refractivity (Wildman–Crippen MR) is 142 cm³/mol. The van der Waals surface area contributed by atoms with E-state index in [4.69, 9.17) is 0 Å². The van der Waals surface area contributed by atoms with Gasteiger partial charge in [0.05, 0.1) is 12.1 Å². The van der Waals surface area contributed by atoms with E-state index in [1.807, 2.05) is 12.1 Å². The number of hydrogen-bond donors (Lipinski definition) is 3. The number of phenols is 1. The van der Waals surface area contributed by atoms with Crippen LogP contribution in [-0.2, 0) is 12.8 Å². The molecule has 2 aromatic carbocycles. The molecule has 180 valence electrons. The maximum Gasteiger partial charge on any atom is 0.117 e. The molecule has 5 nitrogen and oxygen atoms in total. The minimum Gasteiger partial charge on any atom is -0.508 e. The van der Waals surface area contributed by atoms with E-state index >= 15 is 0 Å². The fourth-order valence-corrected chi connectivity index (χ4v) is 7.34. The molecular weight excluding hydrogens is 432 g/mol. The maximum atomic E-state index is 10.0. The number of hydrogen-bond acceptors (Lipinski definition) is 3. The fraction of sp³-hybridized carbons (Fsp3) is 0.400. The first-order chi connectivity index (χ1) is 17.1. The molecule has 35 heavy (non-hydrogen) atoms. The van der Waals surface area contributed by atoms with Crippen LogP contribution in [0.15, 0.2) is 55.1 Å². The molecule has 2 aromatic heterocycles. The van der Waals surface area contributed by atoms with Crippen LogP contribution in [0.1, 0.15) is 47.4 Å². The quantitative estimate of drug-likeness (QED) is 0.340. The van der Waals surface area contributed by atoms with Crippen molar-refractivity contribution in [3.8, 4) is 5.75 Å². The Hall–Kier alpha value is -3.02. The Bertz CT molecular complexity index is 1430. The van der Waals surface area contributed by atoms with Crippen LogP contribution in [0, 0.1) is 11.8 Å². The third-order valence-electron chi connectivity index (χ3n) is 9.18. The van der Waals surface area contributed by atoms with Crippen molar-refractivity contribution < 1.29 is 5.11 Å². The van der Waals surface area contributed by atoms with Crippen molar-refractivity contribution in [2.45, 2.75) is 37.8 Å².